The van der Waals surface area contributed by atoms with Crippen molar-refractivity contribution in [1.29, 1.82) is 0 Å². The van der Waals surface area contributed by atoms with Gasteiger partial charge in [0, 0.05) is 31.1 Å². The molecule has 0 bridgehead atoms. The zero-order valence-electron chi connectivity index (χ0n) is 21.4. The van der Waals surface area contributed by atoms with Crippen LogP contribution in [0.4, 0.5) is 11.6 Å². The molecule has 36 heavy (non-hydrogen) atoms. The van der Waals surface area contributed by atoms with Crippen LogP contribution in [0.1, 0.15) is 38.4 Å². The lowest BCUT2D eigenvalue weighted by Crippen LogP contribution is -2.41. The molecule has 5 rings (SSSR count). The second kappa shape index (κ2) is 9.74. The topological polar surface area (TPSA) is 72.3 Å². The number of aromatic nitrogens is 3. The fourth-order valence-corrected chi connectivity index (χ4v) is 4.35. The zero-order chi connectivity index (χ0) is 25.3. The summed E-state index contributed by atoms with van der Waals surface area (Å²) >= 11 is 0. The highest BCUT2D eigenvalue weighted by Gasteiger charge is 2.18. The third-order valence-corrected chi connectivity index (χ3v) is 6.59. The predicted octanol–water partition coefficient (Wildman–Crippen LogP) is 5.62. The predicted molar refractivity (Wildman–Crippen MR) is 143 cm³/mol. The Labute approximate surface area is 212 Å². The maximum Gasteiger partial charge on any atom is 0.208 e. The number of hydrogen-bond donors (Lipinski definition) is 1. The Balaban J connectivity index is 1.30. The number of anilines is 2. The number of aryl methyl sites for hydroxylation is 1. The van der Waals surface area contributed by atoms with Gasteiger partial charge in [0.05, 0.1) is 29.7 Å². The molecule has 2 aromatic heterocycles. The van der Waals surface area contributed by atoms with Crippen LogP contribution in [-0.2, 0) is 23.7 Å². The van der Waals surface area contributed by atoms with Crippen molar-refractivity contribution < 1.29 is 9.53 Å². The smallest absolute Gasteiger partial charge is 0.208 e. The van der Waals surface area contributed by atoms with Crippen LogP contribution >= 0.6 is 0 Å². The van der Waals surface area contributed by atoms with Gasteiger partial charge >= 0.3 is 0 Å². The Morgan fingerprint density at radius 2 is 1.86 bits per heavy atom. The number of carbonyl (C=O) groups excluding carboxylic acids is 1. The van der Waals surface area contributed by atoms with Gasteiger partial charge in [-0.1, -0.05) is 32.9 Å². The summed E-state index contributed by atoms with van der Waals surface area (Å²) in [6.45, 7) is 9.15. The van der Waals surface area contributed by atoms with Crippen LogP contribution < -0.4 is 10.1 Å². The highest BCUT2D eigenvalue weighted by molar-refractivity contribution is 5.83. The maximum absolute atomic E-state index is 12.3. The molecule has 0 saturated carbocycles. The molecule has 0 amide bonds. The van der Waals surface area contributed by atoms with E-state index in [9.17, 15) is 4.79 Å². The van der Waals surface area contributed by atoms with E-state index in [2.05, 4.69) is 60.2 Å². The van der Waals surface area contributed by atoms with Crippen molar-refractivity contribution in [3.8, 4) is 11.5 Å². The molecule has 0 unspecified atom stereocenters. The van der Waals surface area contributed by atoms with Gasteiger partial charge in [-0.3, -0.25) is 14.7 Å². The molecular formula is C29H33N5O2. The van der Waals surface area contributed by atoms with Gasteiger partial charge in [-0.05, 0) is 60.8 Å². The van der Waals surface area contributed by atoms with E-state index in [4.69, 9.17) is 9.72 Å². The Morgan fingerprint density at radius 1 is 1.06 bits per heavy atom. The largest absolute Gasteiger partial charge is 0.457 e. The number of rotatable bonds is 8. The molecule has 7 nitrogen and oxygen atoms in total. The SMILES string of the molecule is Cn1c(Nc2cccc(C(C)(C)C)c2)nc2cc(Oc3ccnc(CC(=O)CN4CCC4)c3)ccc21. The molecule has 4 aromatic rings. The summed E-state index contributed by atoms with van der Waals surface area (Å²) in [6, 6.07) is 18.0. The van der Waals surface area contributed by atoms with Crippen LogP contribution in [0.15, 0.2) is 60.8 Å². The van der Waals surface area contributed by atoms with Crippen LogP contribution in [0.2, 0.25) is 0 Å². The first-order valence-corrected chi connectivity index (χ1v) is 12.5. The number of ether oxygens (including phenoxy) is 1. The maximum atomic E-state index is 12.3. The first kappa shape index (κ1) is 24.0. The Kier molecular flexibility index (Phi) is 6.49. The minimum atomic E-state index is 0.0743. The molecule has 0 aliphatic carbocycles. The van der Waals surface area contributed by atoms with Crippen molar-refractivity contribution in [2.75, 3.05) is 25.0 Å². The number of Topliss-reactive ketones (excluding diaryl/α,β-unsaturated/α-hetero) is 1. The Morgan fingerprint density at radius 3 is 2.61 bits per heavy atom. The van der Waals surface area contributed by atoms with E-state index in [1.54, 1.807) is 12.3 Å². The minimum absolute atomic E-state index is 0.0743. The Bertz CT molecular complexity index is 1400. The molecule has 3 heterocycles. The van der Waals surface area contributed by atoms with Crippen molar-refractivity contribution in [1.82, 2.24) is 19.4 Å². The summed E-state index contributed by atoms with van der Waals surface area (Å²) in [5.74, 6) is 2.29. The van der Waals surface area contributed by atoms with Crippen LogP contribution in [0.25, 0.3) is 11.0 Å². The molecule has 7 heteroatoms. The summed E-state index contributed by atoms with van der Waals surface area (Å²) in [5.41, 5.74) is 4.91. The molecule has 1 fully saturated rings. The number of fused-ring (bicyclic) bond motifs is 1. The molecule has 0 spiro atoms. The highest BCUT2D eigenvalue weighted by atomic mass is 16.5. The van der Waals surface area contributed by atoms with E-state index >= 15 is 0 Å². The van der Waals surface area contributed by atoms with Gasteiger partial charge in [0.2, 0.25) is 5.95 Å². The number of likely N-dealkylation sites (tertiary alicyclic amines) is 1. The molecule has 0 atom stereocenters. The van der Waals surface area contributed by atoms with E-state index in [1.165, 1.54) is 12.0 Å². The van der Waals surface area contributed by atoms with Gasteiger partial charge in [0.15, 0.2) is 5.78 Å². The van der Waals surface area contributed by atoms with E-state index in [-0.39, 0.29) is 11.2 Å². The van der Waals surface area contributed by atoms with Crippen LogP contribution in [0.5, 0.6) is 11.5 Å². The summed E-state index contributed by atoms with van der Waals surface area (Å²) in [6.07, 6.45) is 3.18. The lowest BCUT2D eigenvalue weighted by molar-refractivity contribution is -0.120. The van der Waals surface area contributed by atoms with E-state index in [0.717, 1.165) is 41.5 Å². The summed E-state index contributed by atoms with van der Waals surface area (Å²) in [7, 11) is 2.00. The fourth-order valence-electron chi connectivity index (χ4n) is 4.35. The van der Waals surface area contributed by atoms with E-state index < -0.39 is 0 Å². The number of pyridine rings is 1. The Hall–Kier alpha value is -3.71. The molecular weight excluding hydrogens is 450 g/mol. The summed E-state index contributed by atoms with van der Waals surface area (Å²) in [5, 5.41) is 3.46. The summed E-state index contributed by atoms with van der Waals surface area (Å²) < 4.78 is 8.15. The first-order chi connectivity index (χ1) is 17.2. The van der Waals surface area contributed by atoms with Gasteiger partial charge in [0.25, 0.3) is 0 Å². The van der Waals surface area contributed by atoms with E-state index in [0.29, 0.717) is 24.5 Å². The van der Waals surface area contributed by atoms with Crippen molar-refractivity contribution in [3.05, 3.63) is 72.1 Å². The van der Waals surface area contributed by atoms with Gasteiger partial charge in [-0.25, -0.2) is 4.98 Å². The normalized spacial score (nSPS) is 14.0. The van der Waals surface area contributed by atoms with Crippen molar-refractivity contribution in [2.45, 2.75) is 39.0 Å². The van der Waals surface area contributed by atoms with Crippen LogP contribution in [-0.4, -0.2) is 44.9 Å². The summed E-state index contributed by atoms with van der Waals surface area (Å²) in [4.78, 5) is 23.7. The van der Waals surface area contributed by atoms with E-state index in [1.807, 2.05) is 35.9 Å². The fraction of sp³-hybridized carbons (Fsp3) is 0.345. The molecule has 2 aromatic carbocycles. The monoisotopic (exact) mass is 483 g/mol. The standard InChI is InChI=1S/C29H33N5O2/c1-29(2,3)20-7-5-8-21(15-20)31-28-32-26-18-24(9-10-27(26)33(28)4)36-25-11-12-30-22(17-25)16-23(35)19-34-13-6-14-34/h5,7-12,15,17-18H,6,13-14,16,19H2,1-4H3,(H,31,32). The number of hydrogen-bond acceptors (Lipinski definition) is 6. The van der Waals surface area contributed by atoms with Crippen LogP contribution in [0.3, 0.4) is 0 Å². The lowest BCUT2D eigenvalue weighted by atomic mass is 9.87. The molecule has 0 radical (unpaired) electrons. The molecule has 1 N–H and O–H groups in total. The average molecular weight is 484 g/mol. The average Bonchev–Trinajstić information content (AvgIpc) is 3.10. The highest BCUT2D eigenvalue weighted by Crippen LogP contribution is 2.30. The third-order valence-electron chi connectivity index (χ3n) is 6.59. The van der Waals surface area contributed by atoms with Gasteiger partial charge in [0.1, 0.15) is 11.5 Å². The second-order valence-electron chi connectivity index (χ2n) is 10.5. The van der Waals surface area contributed by atoms with Gasteiger partial charge in [-0.2, -0.15) is 0 Å². The van der Waals surface area contributed by atoms with Crippen molar-refractivity contribution >= 4 is 28.5 Å². The molecule has 1 aliphatic rings. The molecule has 1 saturated heterocycles. The second-order valence-corrected chi connectivity index (χ2v) is 10.5. The lowest BCUT2D eigenvalue weighted by Gasteiger charge is -2.29. The molecule has 186 valence electrons. The number of nitrogens with zero attached hydrogens (tertiary/aromatic N) is 4. The van der Waals surface area contributed by atoms with Crippen molar-refractivity contribution in [2.24, 2.45) is 7.05 Å². The quantitative estimate of drug-likeness (QED) is 0.351. The third kappa shape index (κ3) is 5.41. The number of carbonyl (C=O) groups is 1. The first-order valence-electron chi connectivity index (χ1n) is 12.5. The van der Waals surface area contributed by atoms with Gasteiger partial charge in [-0.15, -0.1) is 0 Å². The van der Waals surface area contributed by atoms with Gasteiger partial charge < -0.3 is 14.6 Å². The number of imidazole rings is 1. The minimum Gasteiger partial charge on any atom is -0.457 e. The van der Waals surface area contributed by atoms with Crippen LogP contribution in [0, 0.1) is 0 Å². The number of nitrogens with one attached hydrogen (secondary N) is 1. The number of benzene rings is 2. The number of ketones is 1. The van der Waals surface area contributed by atoms with Crippen molar-refractivity contribution in [3.63, 3.8) is 0 Å². The molecule has 1 aliphatic heterocycles. The zero-order valence-corrected chi connectivity index (χ0v) is 21.4.